The van der Waals surface area contributed by atoms with E-state index in [1.165, 1.54) is 24.3 Å². The minimum absolute atomic E-state index is 0.285. The van der Waals surface area contributed by atoms with Crippen molar-refractivity contribution >= 4 is 29.0 Å². The van der Waals surface area contributed by atoms with Gasteiger partial charge in [-0.2, -0.15) is 5.10 Å². The third-order valence-corrected chi connectivity index (χ3v) is 4.90. The molecular formula is C18H12Cl2F3N3O. The molecule has 0 unspecified atom stereocenters. The molecule has 0 saturated carbocycles. The van der Waals surface area contributed by atoms with Crippen LogP contribution in [0.4, 0.5) is 19.0 Å². The van der Waals surface area contributed by atoms with Crippen molar-refractivity contribution < 1.29 is 17.9 Å². The molecule has 0 atom stereocenters. The van der Waals surface area contributed by atoms with Crippen LogP contribution in [-0.4, -0.2) is 22.7 Å². The maximum atomic E-state index is 12.3. The second kappa shape index (κ2) is 6.65. The van der Waals surface area contributed by atoms with Gasteiger partial charge >= 0.3 is 6.36 Å². The molecule has 0 amide bonds. The minimum Gasteiger partial charge on any atom is -0.406 e. The smallest absolute Gasteiger partial charge is 0.406 e. The third-order valence-electron chi connectivity index (χ3n) is 4.16. The van der Waals surface area contributed by atoms with Crippen molar-refractivity contribution in [1.29, 1.82) is 0 Å². The fourth-order valence-corrected chi connectivity index (χ4v) is 3.32. The molecule has 2 heterocycles. The van der Waals surface area contributed by atoms with Gasteiger partial charge in [0.05, 0.1) is 21.4 Å². The lowest BCUT2D eigenvalue weighted by molar-refractivity contribution is -0.274. The third kappa shape index (κ3) is 3.57. The Hall–Kier alpha value is -2.38. The number of nitrogens with zero attached hydrogens (tertiary/aromatic N) is 2. The van der Waals surface area contributed by atoms with Crippen LogP contribution in [0, 0.1) is 0 Å². The fraction of sp³-hybridized carbons (Fsp3) is 0.167. The van der Waals surface area contributed by atoms with Crippen molar-refractivity contribution in [1.82, 2.24) is 9.78 Å². The largest absolute Gasteiger partial charge is 0.573 e. The molecule has 0 aliphatic carbocycles. The second-order valence-electron chi connectivity index (χ2n) is 5.93. The van der Waals surface area contributed by atoms with Crippen LogP contribution < -0.4 is 10.1 Å². The predicted molar refractivity (Wildman–Crippen MR) is 97.9 cm³/mol. The van der Waals surface area contributed by atoms with E-state index in [9.17, 15) is 13.2 Å². The summed E-state index contributed by atoms with van der Waals surface area (Å²) in [5.41, 5.74) is 3.20. The Labute approximate surface area is 162 Å². The van der Waals surface area contributed by atoms with E-state index in [-0.39, 0.29) is 5.75 Å². The van der Waals surface area contributed by atoms with Gasteiger partial charge in [0, 0.05) is 17.7 Å². The van der Waals surface area contributed by atoms with Crippen LogP contribution in [0.2, 0.25) is 10.0 Å². The lowest BCUT2D eigenvalue weighted by atomic mass is 10.1. The molecule has 140 valence electrons. The van der Waals surface area contributed by atoms with E-state index in [4.69, 9.17) is 23.2 Å². The van der Waals surface area contributed by atoms with Crippen LogP contribution in [0.25, 0.3) is 16.9 Å². The normalized spacial score (nSPS) is 13.4. The summed E-state index contributed by atoms with van der Waals surface area (Å²) in [7, 11) is 0. The number of halogens is 5. The number of fused-ring (bicyclic) bond motifs is 1. The average Bonchev–Trinajstić information content (AvgIpc) is 3.19. The number of alkyl halides is 3. The molecule has 1 aliphatic rings. The molecule has 2 aromatic carbocycles. The maximum Gasteiger partial charge on any atom is 0.573 e. The topological polar surface area (TPSA) is 39.1 Å². The van der Waals surface area contributed by atoms with Gasteiger partial charge in [-0.3, -0.25) is 0 Å². The summed E-state index contributed by atoms with van der Waals surface area (Å²) in [6.45, 7) is 0.747. The van der Waals surface area contributed by atoms with Gasteiger partial charge in [-0.05, 0) is 42.8 Å². The zero-order valence-electron chi connectivity index (χ0n) is 13.6. The Morgan fingerprint density at radius 1 is 1.04 bits per heavy atom. The molecule has 0 fully saturated rings. The summed E-state index contributed by atoms with van der Waals surface area (Å²) in [4.78, 5) is 0. The summed E-state index contributed by atoms with van der Waals surface area (Å²) < 4.78 is 42.6. The van der Waals surface area contributed by atoms with Crippen molar-refractivity contribution in [2.45, 2.75) is 12.8 Å². The van der Waals surface area contributed by atoms with E-state index in [0.717, 1.165) is 35.6 Å². The van der Waals surface area contributed by atoms with Gasteiger partial charge in [-0.25, -0.2) is 4.68 Å². The summed E-state index contributed by atoms with van der Waals surface area (Å²) in [6.07, 6.45) is -3.95. The predicted octanol–water partition coefficient (Wildman–Crippen LogP) is 5.71. The summed E-state index contributed by atoms with van der Waals surface area (Å²) in [5.74, 6) is 0.522. The van der Waals surface area contributed by atoms with Gasteiger partial charge in [0.15, 0.2) is 0 Å². The maximum absolute atomic E-state index is 12.3. The molecule has 0 bridgehead atoms. The number of ether oxygens (including phenoxy) is 1. The van der Waals surface area contributed by atoms with Crippen LogP contribution in [0.3, 0.4) is 0 Å². The van der Waals surface area contributed by atoms with Gasteiger partial charge in [-0.15, -0.1) is 13.2 Å². The number of benzene rings is 2. The Balaban J connectivity index is 1.73. The number of anilines is 1. The monoisotopic (exact) mass is 413 g/mol. The molecular weight excluding hydrogens is 402 g/mol. The number of hydrogen-bond acceptors (Lipinski definition) is 3. The van der Waals surface area contributed by atoms with E-state index < -0.39 is 6.36 Å². The van der Waals surface area contributed by atoms with Crippen LogP contribution in [0.1, 0.15) is 5.56 Å². The Morgan fingerprint density at radius 2 is 1.78 bits per heavy atom. The van der Waals surface area contributed by atoms with Gasteiger partial charge in [0.1, 0.15) is 11.6 Å². The van der Waals surface area contributed by atoms with Crippen LogP contribution in [0.5, 0.6) is 5.75 Å². The van der Waals surface area contributed by atoms with Crippen molar-refractivity contribution in [3.8, 4) is 22.7 Å². The van der Waals surface area contributed by atoms with Gasteiger partial charge in [0.25, 0.3) is 0 Å². The first-order valence-electron chi connectivity index (χ1n) is 7.99. The average molecular weight is 414 g/mol. The van der Waals surface area contributed by atoms with E-state index in [2.05, 4.69) is 15.2 Å². The van der Waals surface area contributed by atoms with Crippen molar-refractivity contribution in [3.05, 3.63) is 58.1 Å². The van der Waals surface area contributed by atoms with E-state index >= 15 is 0 Å². The van der Waals surface area contributed by atoms with Crippen molar-refractivity contribution in [2.75, 3.05) is 11.9 Å². The first-order valence-corrected chi connectivity index (χ1v) is 8.75. The van der Waals surface area contributed by atoms with Crippen LogP contribution in [-0.2, 0) is 6.42 Å². The standard InChI is InChI=1S/C18H12Cl2F3N3O/c19-14-6-1-10(9-15(14)20)16-13-7-8-24-17(13)26(25-16)11-2-4-12(5-3-11)27-18(21,22)23/h1-6,9,24H,7-8H2. The highest BCUT2D eigenvalue weighted by Crippen LogP contribution is 2.37. The van der Waals surface area contributed by atoms with Gasteiger partial charge in [-0.1, -0.05) is 29.3 Å². The van der Waals surface area contributed by atoms with Gasteiger partial charge < -0.3 is 10.1 Å². The summed E-state index contributed by atoms with van der Waals surface area (Å²) in [5, 5.41) is 8.78. The molecule has 3 aromatic rings. The van der Waals surface area contributed by atoms with Gasteiger partial charge in [0.2, 0.25) is 0 Å². The van der Waals surface area contributed by atoms with Crippen molar-refractivity contribution in [2.24, 2.45) is 0 Å². The molecule has 4 rings (SSSR count). The van der Waals surface area contributed by atoms with Crippen molar-refractivity contribution in [3.63, 3.8) is 0 Å². The fourth-order valence-electron chi connectivity index (χ4n) is 3.03. The Bertz CT molecular complexity index is 1000. The number of hydrogen-bond donors (Lipinski definition) is 1. The molecule has 0 saturated heterocycles. The molecule has 1 aliphatic heterocycles. The highest BCUT2D eigenvalue weighted by Gasteiger charge is 2.31. The zero-order valence-corrected chi connectivity index (χ0v) is 15.2. The quantitative estimate of drug-likeness (QED) is 0.597. The highest BCUT2D eigenvalue weighted by molar-refractivity contribution is 6.42. The van der Waals surface area contributed by atoms with Crippen LogP contribution in [0.15, 0.2) is 42.5 Å². The zero-order chi connectivity index (χ0) is 19.2. The van der Waals surface area contributed by atoms with E-state index in [1.54, 1.807) is 16.8 Å². The SMILES string of the molecule is FC(F)(F)Oc1ccc(-n2nc(-c3ccc(Cl)c(Cl)c3)c3c2NCC3)cc1. The molecule has 9 heteroatoms. The lowest BCUT2D eigenvalue weighted by Gasteiger charge is -2.10. The van der Waals surface area contributed by atoms with E-state index in [1.807, 2.05) is 6.07 Å². The first kappa shape index (κ1) is 18.0. The molecule has 0 spiro atoms. The second-order valence-corrected chi connectivity index (χ2v) is 6.75. The number of aromatic nitrogens is 2. The molecule has 1 N–H and O–H groups in total. The Kier molecular flexibility index (Phi) is 4.44. The molecule has 27 heavy (non-hydrogen) atoms. The summed E-state index contributed by atoms with van der Waals surface area (Å²) in [6, 6.07) is 10.8. The molecule has 1 aromatic heterocycles. The highest BCUT2D eigenvalue weighted by atomic mass is 35.5. The van der Waals surface area contributed by atoms with Crippen LogP contribution >= 0.6 is 23.2 Å². The number of rotatable bonds is 3. The molecule has 4 nitrogen and oxygen atoms in total. The Morgan fingerprint density at radius 3 is 2.44 bits per heavy atom. The number of nitrogens with one attached hydrogen (secondary N) is 1. The summed E-state index contributed by atoms with van der Waals surface area (Å²) >= 11 is 12.1. The minimum atomic E-state index is -4.73. The van der Waals surface area contributed by atoms with E-state index in [0.29, 0.717) is 15.7 Å². The first-order chi connectivity index (χ1) is 12.8. The lowest BCUT2D eigenvalue weighted by Crippen LogP contribution is -2.17. The molecule has 0 radical (unpaired) electrons.